The molecule has 0 N–H and O–H groups in total. The molecule has 0 atom stereocenters. The molecule has 0 nitrogen and oxygen atoms in total. The van der Waals surface area contributed by atoms with Crippen molar-refractivity contribution >= 4 is 30.1 Å². The van der Waals surface area contributed by atoms with Crippen molar-refractivity contribution in [1.82, 2.24) is 0 Å². The zero-order valence-corrected chi connectivity index (χ0v) is 9.29. The van der Waals surface area contributed by atoms with E-state index >= 15 is 0 Å². The van der Waals surface area contributed by atoms with Gasteiger partial charge in [-0.15, -0.1) is 0 Å². The summed E-state index contributed by atoms with van der Waals surface area (Å²) in [7, 11) is 0. The van der Waals surface area contributed by atoms with Crippen molar-refractivity contribution in [3.63, 3.8) is 0 Å². The van der Waals surface area contributed by atoms with Crippen LogP contribution in [0.3, 0.4) is 0 Å². The second-order valence-corrected chi connectivity index (χ2v) is 20.9. The average Bonchev–Trinajstić information content (AvgIpc) is 1.30. The number of thioether (sulfide) groups is 1. The fourth-order valence-electron chi connectivity index (χ4n) is 0.433. The van der Waals surface area contributed by atoms with E-state index in [-0.39, 0.29) is 0 Å². The van der Waals surface area contributed by atoms with Crippen molar-refractivity contribution < 1.29 is 0 Å². The van der Waals surface area contributed by atoms with Gasteiger partial charge in [0.1, 0.15) is 0 Å². The summed E-state index contributed by atoms with van der Waals surface area (Å²) in [5, 5.41) is 0. The van der Waals surface area contributed by atoms with Gasteiger partial charge >= 0.3 is 55.0 Å². The van der Waals surface area contributed by atoms with E-state index in [0.29, 0.717) is 0 Å². The summed E-state index contributed by atoms with van der Waals surface area (Å²) in [6, 6.07) is 0. The van der Waals surface area contributed by atoms with Crippen molar-refractivity contribution in [1.29, 1.82) is 0 Å². The van der Waals surface area contributed by atoms with Gasteiger partial charge in [-0.2, -0.15) is 0 Å². The van der Waals surface area contributed by atoms with Gasteiger partial charge in [-0.05, 0) is 0 Å². The Balaban J connectivity index is 3.15. The van der Waals surface area contributed by atoms with Gasteiger partial charge < -0.3 is 0 Å². The Morgan fingerprint density at radius 3 is 1.71 bits per heavy atom. The first-order valence-electron chi connectivity index (χ1n) is 2.55. The number of rotatable bonds is 2. The van der Waals surface area contributed by atoms with Gasteiger partial charge in [0.15, 0.2) is 0 Å². The van der Waals surface area contributed by atoms with Crippen molar-refractivity contribution in [3.8, 4) is 0 Å². The first kappa shape index (κ1) is 8.15. The first-order valence-corrected chi connectivity index (χ1v) is 14.5. The van der Waals surface area contributed by atoms with Crippen LogP contribution in [0.25, 0.3) is 0 Å². The normalized spacial score (nSPS) is 12.0. The molecule has 0 saturated carbocycles. The van der Waals surface area contributed by atoms with E-state index in [0.717, 1.165) is 0 Å². The fraction of sp³-hybridized carbons (Fsp3) is 1.00. The molecular weight excluding hydrogens is 211 g/mol. The average molecular weight is 225 g/mol. The minimum atomic E-state index is -1.31. The third-order valence-corrected chi connectivity index (χ3v) is 11.6. The summed E-state index contributed by atoms with van der Waals surface area (Å²) in [6.07, 6.45) is 2.20. The SMILES string of the molecule is CS[CH2][Sn]([CH3])([CH3])[CH3]. The second kappa shape index (κ2) is 3.23. The van der Waals surface area contributed by atoms with Crippen molar-refractivity contribution in [2.24, 2.45) is 0 Å². The molecular formula is C5H14SSn. The Morgan fingerprint density at radius 1 is 1.29 bits per heavy atom. The van der Waals surface area contributed by atoms with Crippen molar-refractivity contribution in [3.05, 3.63) is 0 Å². The Bertz CT molecular complexity index is 46.5. The molecule has 0 radical (unpaired) electrons. The van der Waals surface area contributed by atoms with Gasteiger partial charge in [-0.25, -0.2) is 0 Å². The van der Waals surface area contributed by atoms with E-state index in [1.54, 1.807) is 0 Å². The summed E-state index contributed by atoms with van der Waals surface area (Å²) in [5.41, 5.74) is 0. The van der Waals surface area contributed by atoms with Gasteiger partial charge in [-0.3, -0.25) is 0 Å². The molecule has 0 aliphatic heterocycles. The third kappa shape index (κ3) is 7.15. The molecule has 2 heteroatoms. The van der Waals surface area contributed by atoms with Gasteiger partial charge in [0.05, 0.1) is 0 Å². The minimum absolute atomic E-state index is 1.31. The maximum absolute atomic E-state index is 2.46. The van der Waals surface area contributed by atoms with Gasteiger partial charge in [0, 0.05) is 0 Å². The molecule has 7 heavy (non-hydrogen) atoms. The molecule has 0 spiro atoms. The van der Waals surface area contributed by atoms with Crippen LogP contribution in [0.15, 0.2) is 0 Å². The van der Waals surface area contributed by atoms with Crippen LogP contribution in [0.1, 0.15) is 0 Å². The molecule has 0 saturated heterocycles. The van der Waals surface area contributed by atoms with Gasteiger partial charge in [-0.1, -0.05) is 0 Å². The Labute approximate surface area is 54.9 Å². The zero-order chi connectivity index (χ0) is 5.91. The molecule has 0 rings (SSSR count). The maximum atomic E-state index is 2.46. The molecule has 0 unspecified atom stereocenters. The predicted molar refractivity (Wildman–Crippen MR) is 41.7 cm³/mol. The van der Waals surface area contributed by atoms with E-state index in [1.165, 1.54) is 3.77 Å². The number of hydrogen-bond acceptors (Lipinski definition) is 1. The molecule has 0 fully saturated rings. The van der Waals surface area contributed by atoms with E-state index in [4.69, 9.17) is 0 Å². The van der Waals surface area contributed by atoms with E-state index < -0.39 is 18.4 Å². The van der Waals surface area contributed by atoms with Gasteiger partial charge in [0.25, 0.3) is 0 Å². The summed E-state index contributed by atoms with van der Waals surface area (Å²) < 4.78 is 1.47. The summed E-state index contributed by atoms with van der Waals surface area (Å²) in [4.78, 5) is 7.39. The van der Waals surface area contributed by atoms with Crippen molar-refractivity contribution in [2.45, 2.75) is 14.8 Å². The molecule has 0 aromatic carbocycles. The Morgan fingerprint density at radius 2 is 1.71 bits per heavy atom. The summed E-state index contributed by atoms with van der Waals surface area (Å²) in [5.74, 6) is 0. The van der Waals surface area contributed by atoms with Crippen LogP contribution in [0.2, 0.25) is 14.8 Å². The second-order valence-electron chi connectivity index (χ2n) is 2.99. The van der Waals surface area contributed by atoms with E-state index in [2.05, 4.69) is 21.1 Å². The molecule has 0 aliphatic rings. The van der Waals surface area contributed by atoms with Gasteiger partial charge in [0.2, 0.25) is 0 Å². The monoisotopic (exact) mass is 226 g/mol. The first-order chi connectivity index (χ1) is 3.06. The predicted octanol–water partition coefficient (Wildman–Crippen LogP) is 2.23. The van der Waals surface area contributed by atoms with Crippen LogP contribution in [-0.2, 0) is 0 Å². The van der Waals surface area contributed by atoms with Crippen LogP contribution in [0.4, 0.5) is 0 Å². The van der Waals surface area contributed by atoms with E-state index in [9.17, 15) is 0 Å². The quantitative estimate of drug-likeness (QED) is 0.649. The molecule has 0 aromatic rings. The Hall–Kier alpha value is 1.15. The molecule has 0 aliphatic carbocycles. The summed E-state index contributed by atoms with van der Waals surface area (Å²) >= 11 is 0.689. The molecule has 0 bridgehead atoms. The fourth-order valence-corrected chi connectivity index (χ4v) is 8.71. The topological polar surface area (TPSA) is 0 Å². The van der Waals surface area contributed by atoms with Crippen LogP contribution in [0.5, 0.6) is 0 Å². The van der Waals surface area contributed by atoms with Crippen LogP contribution in [0, 0.1) is 0 Å². The molecule has 0 aromatic heterocycles. The van der Waals surface area contributed by atoms with Crippen LogP contribution in [-0.4, -0.2) is 28.4 Å². The summed E-state index contributed by atoms with van der Waals surface area (Å²) in [6.45, 7) is 0. The Kier molecular flexibility index (Phi) is 3.76. The third-order valence-electron chi connectivity index (χ3n) is 0.577. The molecule has 0 amide bonds. The van der Waals surface area contributed by atoms with Crippen molar-refractivity contribution in [2.75, 3.05) is 10.0 Å². The molecule has 44 valence electrons. The standard InChI is InChI=1S/C2H5S.3CH3.Sn/c1-3-2;;;;/h1H2,2H3;3*1H3;. The zero-order valence-electron chi connectivity index (χ0n) is 5.62. The van der Waals surface area contributed by atoms with Crippen LogP contribution < -0.4 is 0 Å². The van der Waals surface area contributed by atoms with E-state index in [1.807, 2.05) is 11.8 Å². The molecule has 0 heterocycles. The number of hydrogen-bond donors (Lipinski definition) is 0. The van der Waals surface area contributed by atoms with Crippen LogP contribution >= 0.6 is 11.8 Å².